The van der Waals surface area contributed by atoms with E-state index in [1.165, 1.54) is 11.3 Å². The summed E-state index contributed by atoms with van der Waals surface area (Å²) >= 11 is 1.42. The number of aryl methyl sites for hydroxylation is 1. The van der Waals surface area contributed by atoms with Crippen LogP contribution in [0.2, 0.25) is 0 Å². The number of carbonyl (C=O) groups excluding carboxylic acids is 1. The van der Waals surface area contributed by atoms with Crippen LogP contribution >= 0.6 is 11.3 Å². The molecule has 1 saturated carbocycles. The zero-order chi connectivity index (χ0) is 16.4. The maximum atomic E-state index is 12.7. The first kappa shape index (κ1) is 16.0. The summed E-state index contributed by atoms with van der Waals surface area (Å²) in [6.45, 7) is 1.95. The second-order valence-electron chi connectivity index (χ2n) is 5.85. The molecule has 1 fully saturated rings. The number of hydrogen-bond acceptors (Lipinski definition) is 5. The molecule has 0 aliphatic heterocycles. The minimum absolute atomic E-state index is 0.156. The molecule has 2 aromatic rings. The number of carbonyl (C=O) groups is 1. The first-order chi connectivity index (χ1) is 11.1. The maximum Gasteiger partial charge on any atom is 0.265 e. The third-order valence-electron chi connectivity index (χ3n) is 4.16. The fraction of sp³-hybridized carbons (Fsp3) is 0.412. The summed E-state index contributed by atoms with van der Waals surface area (Å²) in [5, 5.41) is 12.7. The lowest BCUT2D eigenvalue weighted by Crippen LogP contribution is -2.41. The Morgan fingerprint density at radius 2 is 2.26 bits per heavy atom. The number of nitrogens with one attached hydrogen (secondary N) is 1. The van der Waals surface area contributed by atoms with Gasteiger partial charge in [-0.25, -0.2) is 0 Å². The highest BCUT2D eigenvalue weighted by molar-refractivity contribution is 7.14. The molecule has 0 aromatic carbocycles. The number of ether oxygens (including phenoxy) is 1. The molecule has 2 heterocycles. The predicted octanol–water partition coefficient (Wildman–Crippen LogP) is 2.70. The Kier molecular flexibility index (Phi) is 4.63. The Labute approximate surface area is 139 Å². The van der Waals surface area contributed by atoms with Crippen molar-refractivity contribution in [3.8, 4) is 5.75 Å². The minimum Gasteiger partial charge on any atom is -0.495 e. The number of thiophene rings is 1. The number of methoxy groups -OCH3 is 1. The van der Waals surface area contributed by atoms with Crippen molar-refractivity contribution in [1.82, 2.24) is 10.3 Å². The average Bonchev–Trinajstić information content (AvgIpc) is 2.92. The van der Waals surface area contributed by atoms with Crippen molar-refractivity contribution < 1.29 is 14.6 Å². The van der Waals surface area contributed by atoms with Crippen molar-refractivity contribution in [1.29, 1.82) is 0 Å². The molecule has 122 valence electrons. The van der Waals surface area contributed by atoms with Crippen LogP contribution < -0.4 is 10.1 Å². The van der Waals surface area contributed by atoms with Gasteiger partial charge in [-0.15, -0.1) is 11.3 Å². The molecule has 0 bridgehead atoms. The van der Waals surface area contributed by atoms with Gasteiger partial charge in [0.1, 0.15) is 10.6 Å². The van der Waals surface area contributed by atoms with Crippen LogP contribution in [-0.4, -0.2) is 29.2 Å². The molecule has 2 N–H and O–H groups in total. The number of hydrogen-bond donors (Lipinski definition) is 2. The lowest BCUT2D eigenvalue weighted by Gasteiger charge is -2.37. The van der Waals surface area contributed by atoms with Gasteiger partial charge in [-0.3, -0.25) is 9.78 Å². The molecular weight excluding hydrogens is 312 g/mol. The second-order valence-corrected chi connectivity index (χ2v) is 7.10. The Morgan fingerprint density at radius 3 is 2.87 bits per heavy atom. The van der Waals surface area contributed by atoms with Gasteiger partial charge in [0.15, 0.2) is 0 Å². The molecule has 0 saturated heterocycles. The summed E-state index contributed by atoms with van der Waals surface area (Å²) < 4.78 is 5.29. The molecular formula is C17H20N2O3S. The van der Waals surface area contributed by atoms with Gasteiger partial charge >= 0.3 is 0 Å². The average molecular weight is 332 g/mol. The van der Waals surface area contributed by atoms with E-state index < -0.39 is 0 Å². The number of pyridine rings is 1. The molecule has 5 nitrogen and oxygen atoms in total. The van der Waals surface area contributed by atoms with Crippen LogP contribution in [0, 0.1) is 12.8 Å². The standard InChI is InChI=1S/C17H20N2O3S/c1-10-7-14(22-2)16(23-10)17(21)19-15(11-8-12(20)9-11)13-5-3-4-6-18-13/h3-7,11-12,15,20H,8-9H2,1-2H3,(H,19,21)/t11?,12?,15-/m0/s1. The fourth-order valence-electron chi connectivity index (χ4n) is 2.90. The predicted molar refractivity (Wildman–Crippen MR) is 88.8 cm³/mol. The third-order valence-corrected chi connectivity index (χ3v) is 5.19. The quantitative estimate of drug-likeness (QED) is 0.883. The summed E-state index contributed by atoms with van der Waals surface area (Å²) in [4.78, 5) is 18.7. The molecule has 1 amide bonds. The van der Waals surface area contributed by atoms with Gasteiger partial charge in [-0.1, -0.05) is 6.07 Å². The van der Waals surface area contributed by atoms with Gasteiger partial charge in [0.05, 0.1) is 24.9 Å². The van der Waals surface area contributed by atoms with Crippen molar-refractivity contribution in [3.63, 3.8) is 0 Å². The molecule has 1 atom stereocenters. The molecule has 6 heteroatoms. The highest BCUT2D eigenvalue weighted by Gasteiger charge is 2.36. The lowest BCUT2D eigenvalue weighted by atomic mass is 9.76. The molecule has 3 rings (SSSR count). The monoisotopic (exact) mass is 332 g/mol. The highest BCUT2D eigenvalue weighted by atomic mass is 32.1. The summed E-state index contributed by atoms with van der Waals surface area (Å²) in [6, 6.07) is 7.34. The van der Waals surface area contributed by atoms with E-state index in [4.69, 9.17) is 4.74 Å². The van der Waals surface area contributed by atoms with Gasteiger partial charge < -0.3 is 15.2 Å². The van der Waals surface area contributed by atoms with Gasteiger partial charge in [-0.05, 0) is 43.9 Å². The van der Waals surface area contributed by atoms with Crippen LogP contribution in [0.5, 0.6) is 5.75 Å². The fourth-order valence-corrected chi connectivity index (χ4v) is 3.79. The van der Waals surface area contributed by atoms with E-state index >= 15 is 0 Å². The molecule has 1 aliphatic carbocycles. The second kappa shape index (κ2) is 6.68. The van der Waals surface area contributed by atoms with Gasteiger partial charge in [0.2, 0.25) is 0 Å². The Balaban J connectivity index is 1.82. The number of aliphatic hydroxyl groups is 1. The first-order valence-electron chi connectivity index (χ1n) is 7.62. The van der Waals surface area contributed by atoms with E-state index in [1.54, 1.807) is 13.3 Å². The third kappa shape index (κ3) is 3.38. The van der Waals surface area contributed by atoms with Crippen LogP contribution in [0.3, 0.4) is 0 Å². The zero-order valence-corrected chi connectivity index (χ0v) is 14.0. The summed E-state index contributed by atoms with van der Waals surface area (Å²) in [6.07, 6.45) is 2.81. The molecule has 0 spiro atoms. The number of amides is 1. The van der Waals surface area contributed by atoms with Crippen molar-refractivity contribution in [2.45, 2.75) is 31.9 Å². The van der Waals surface area contributed by atoms with Crippen LogP contribution in [-0.2, 0) is 0 Å². The van der Waals surface area contributed by atoms with Crippen LogP contribution in [0.15, 0.2) is 30.5 Å². The van der Waals surface area contributed by atoms with E-state index in [0.29, 0.717) is 23.5 Å². The smallest absolute Gasteiger partial charge is 0.265 e. The van der Waals surface area contributed by atoms with Crippen molar-refractivity contribution in [3.05, 3.63) is 45.9 Å². The topological polar surface area (TPSA) is 71.5 Å². The van der Waals surface area contributed by atoms with E-state index in [1.807, 2.05) is 31.2 Å². The number of rotatable bonds is 5. The van der Waals surface area contributed by atoms with Gasteiger partial charge in [0, 0.05) is 11.1 Å². The largest absolute Gasteiger partial charge is 0.495 e. The van der Waals surface area contributed by atoms with E-state index in [2.05, 4.69) is 10.3 Å². The van der Waals surface area contributed by atoms with Crippen LogP contribution in [0.4, 0.5) is 0 Å². The first-order valence-corrected chi connectivity index (χ1v) is 8.44. The van der Waals surface area contributed by atoms with Crippen LogP contribution in [0.1, 0.15) is 39.1 Å². The van der Waals surface area contributed by atoms with E-state index in [0.717, 1.165) is 10.6 Å². The Morgan fingerprint density at radius 1 is 1.48 bits per heavy atom. The maximum absolute atomic E-state index is 12.7. The molecule has 0 radical (unpaired) electrons. The lowest BCUT2D eigenvalue weighted by molar-refractivity contribution is 0.0228. The number of nitrogens with zero attached hydrogens (tertiary/aromatic N) is 1. The summed E-state index contributed by atoms with van der Waals surface area (Å²) in [5.41, 5.74) is 0.824. The van der Waals surface area contributed by atoms with Crippen molar-refractivity contribution in [2.75, 3.05) is 7.11 Å². The number of aliphatic hydroxyl groups excluding tert-OH is 1. The van der Waals surface area contributed by atoms with E-state index in [-0.39, 0.29) is 24.0 Å². The molecule has 0 unspecified atom stereocenters. The normalized spacial score (nSPS) is 21.3. The highest BCUT2D eigenvalue weighted by Crippen LogP contribution is 2.38. The van der Waals surface area contributed by atoms with Crippen molar-refractivity contribution >= 4 is 17.2 Å². The Hall–Kier alpha value is -1.92. The molecule has 23 heavy (non-hydrogen) atoms. The molecule has 1 aliphatic rings. The summed E-state index contributed by atoms with van der Waals surface area (Å²) in [7, 11) is 1.57. The van der Waals surface area contributed by atoms with Crippen LogP contribution in [0.25, 0.3) is 0 Å². The Bertz CT molecular complexity index is 680. The SMILES string of the molecule is COc1cc(C)sc1C(=O)N[C@H](c1ccccn1)C1CC(O)C1. The zero-order valence-electron chi connectivity index (χ0n) is 13.2. The van der Waals surface area contributed by atoms with E-state index in [9.17, 15) is 9.90 Å². The van der Waals surface area contributed by atoms with Gasteiger partial charge in [0.25, 0.3) is 5.91 Å². The molecule has 2 aromatic heterocycles. The summed E-state index contributed by atoms with van der Waals surface area (Å²) in [5.74, 6) is 0.645. The minimum atomic E-state index is -0.276. The number of aromatic nitrogens is 1. The van der Waals surface area contributed by atoms with Gasteiger partial charge in [-0.2, -0.15) is 0 Å². The van der Waals surface area contributed by atoms with Crippen molar-refractivity contribution in [2.24, 2.45) is 5.92 Å².